The maximum Gasteiger partial charge on any atom is 0.220 e. The van der Waals surface area contributed by atoms with Gasteiger partial charge in [0.2, 0.25) is 12.8 Å². The molecule has 0 saturated heterocycles. The molecular formula is C23H23FN2O4. The van der Waals surface area contributed by atoms with Crippen molar-refractivity contribution in [1.29, 1.82) is 0 Å². The van der Waals surface area contributed by atoms with Gasteiger partial charge in [-0.05, 0) is 48.7 Å². The molecule has 0 fully saturated rings. The third-order valence-electron chi connectivity index (χ3n) is 4.37. The number of amides is 2. The number of pyridine rings is 1. The Kier molecular flexibility index (Phi) is 7.75. The fourth-order valence-electron chi connectivity index (χ4n) is 3.05. The van der Waals surface area contributed by atoms with Crippen LogP contribution in [0.2, 0.25) is 0 Å². The number of benzene rings is 2. The molecule has 0 aliphatic heterocycles. The molecule has 0 bridgehead atoms. The molecule has 0 aliphatic carbocycles. The van der Waals surface area contributed by atoms with Crippen LogP contribution in [-0.2, 0) is 16.0 Å². The van der Waals surface area contributed by atoms with E-state index in [2.05, 4.69) is 4.98 Å². The number of carbonyl (C=O) groups is 3. The number of imide groups is 1. The molecular weight excluding hydrogens is 387 g/mol. The largest absolute Gasteiger partial charge is 0.494 e. The summed E-state index contributed by atoms with van der Waals surface area (Å²) in [7, 11) is 1.42. The summed E-state index contributed by atoms with van der Waals surface area (Å²) in [6, 6.07) is 9.30. The standard InChI is InChI=1S/C21H17FN2O4.C2H6/c1-13(27)17-9-19(24(11-25)12-26)18-8-15(10-23-20(18)21(17)28-2)7-14-3-5-16(22)6-4-14;1-2/h3-6,8-12H,7H2,1-2H3;1-2H3. The molecule has 6 nitrogen and oxygen atoms in total. The van der Waals surface area contributed by atoms with E-state index >= 15 is 0 Å². The Hall–Kier alpha value is -3.61. The molecule has 0 atom stereocenters. The van der Waals surface area contributed by atoms with Crippen molar-refractivity contribution in [1.82, 2.24) is 4.98 Å². The zero-order valence-electron chi connectivity index (χ0n) is 17.3. The number of halogens is 1. The Balaban J connectivity index is 0.00000155. The van der Waals surface area contributed by atoms with Crippen LogP contribution < -0.4 is 9.64 Å². The Bertz CT molecular complexity index is 1060. The summed E-state index contributed by atoms with van der Waals surface area (Å²) in [6.07, 6.45) is 2.82. The van der Waals surface area contributed by atoms with Gasteiger partial charge >= 0.3 is 0 Å². The van der Waals surface area contributed by atoms with Gasteiger partial charge in [-0.3, -0.25) is 24.3 Å². The number of ether oxygens (including phenoxy) is 1. The lowest BCUT2D eigenvalue weighted by molar-refractivity contribution is -0.113. The van der Waals surface area contributed by atoms with E-state index < -0.39 is 0 Å². The van der Waals surface area contributed by atoms with Crippen LogP contribution in [0.3, 0.4) is 0 Å². The van der Waals surface area contributed by atoms with Crippen molar-refractivity contribution >= 4 is 35.2 Å². The van der Waals surface area contributed by atoms with Gasteiger partial charge in [0.15, 0.2) is 11.5 Å². The first-order valence-corrected chi connectivity index (χ1v) is 9.42. The molecule has 0 saturated carbocycles. The number of hydrogen-bond acceptors (Lipinski definition) is 5. The van der Waals surface area contributed by atoms with Crippen LogP contribution in [0.1, 0.15) is 42.3 Å². The van der Waals surface area contributed by atoms with Crippen LogP contribution in [0, 0.1) is 5.82 Å². The highest BCUT2D eigenvalue weighted by molar-refractivity contribution is 6.12. The first-order valence-electron chi connectivity index (χ1n) is 9.42. The van der Waals surface area contributed by atoms with Gasteiger partial charge in [-0.1, -0.05) is 26.0 Å². The summed E-state index contributed by atoms with van der Waals surface area (Å²) in [6.45, 7) is 5.36. The summed E-state index contributed by atoms with van der Waals surface area (Å²) < 4.78 is 18.5. The number of carbonyl (C=O) groups excluding carboxylic acids is 3. The molecule has 0 unspecified atom stereocenters. The number of Topliss-reactive ketones (excluding diaryl/α,β-unsaturated/α-hetero) is 1. The van der Waals surface area contributed by atoms with Gasteiger partial charge in [0.1, 0.15) is 11.3 Å². The monoisotopic (exact) mass is 410 g/mol. The molecule has 0 radical (unpaired) electrons. The number of aromatic nitrogens is 1. The fourth-order valence-corrected chi connectivity index (χ4v) is 3.05. The predicted octanol–water partition coefficient (Wildman–Crippen LogP) is 4.32. The second kappa shape index (κ2) is 10.2. The predicted molar refractivity (Wildman–Crippen MR) is 113 cm³/mol. The molecule has 156 valence electrons. The lowest BCUT2D eigenvalue weighted by Gasteiger charge is -2.17. The summed E-state index contributed by atoms with van der Waals surface area (Å²) in [5, 5.41) is 0.487. The lowest BCUT2D eigenvalue weighted by atomic mass is 10.0. The van der Waals surface area contributed by atoms with Crippen LogP contribution in [0.5, 0.6) is 5.75 Å². The van der Waals surface area contributed by atoms with E-state index in [9.17, 15) is 18.8 Å². The maximum atomic E-state index is 13.1. The number of rotatable bonds is 7. The van der Waals surface area contributed by atoms with Crippen LogP contribution in [0.25, 0.3) is 10.9 Å². The van der Waals surface area contributed by atoms with Crippen LogP contribution in [0.15, 0.2) is 42.6 Å². The van der Waals surface area contributed by atoms with E-state index in [1.807, 2.05) is 13.8 Å². The van der Waals surface area contributed by atoms with Crippen LogP contribution in [-0.4, -0.2) is 30.7 Å². The summed E-state index contributed by atoms with van der Waals surface area (Å²) in [5.74, 6) is -0.331. The Morgan fingerprint density at radius 3 is 2.27 bits per heavy atom. The minimum absolute atomic E-state index is 0.220. The van der Waals surface area contributed by atoms with E-state index in [4.69, 9.17) is 4.74 Å². The van der Waals surface area contributed by atoms with Gasteiger partial charge < -0.3 is 4.74 Å². The van der Waals surface area contributed by atoms with E-state index in [-0.39, 0.29) is 28.6 Å². The molecule has 1 heterocycles. The van der Waals surface area contributed by atoms with E-state index in [0.717, 1.165) is 16.0 Å². The second-order valence-corrected chi connectivity index (χ2v) is 6.19. The van der Waals surface area contributed by atoms with Crippen molar-refractivity contribution in [2.24, 2.45) is 0 Å². The van der Waals surface area contributed by atoms with Crippen molar-refractivity contribution in [3.63, 3.8) is 0 Å². The van der Waals surface area contributed by atoms with Gasteiger partial charge in [0, 0.05) is 11.6 Å². The smallest absolute Gasteiger partial charge is 0.220 e. The number of anilines is 1. The van der Waals surface area contributed by atoms with Gasteiger partial charge in [-0.25, -0.2) is 4.39 Å². The first-order chi connectivity index (χ1) is 14.5. The van der Waals surface area contributed by atoms with Gasteiger partial charge in [0.05, 0.1) is 18.4 Å². The Labute approximate surface area is 174 Å². The summed E-state index contributed by atoms with van der Waals surface area (Å²) in [4.78, 5) is 40.0. The number of hydrogen-bond donors (Lipinski definition) is 0. The maximum absolute atomic E-state index is 13.1. The van der Waals surface area contributed by atoms with Gasteiger partial charge in [-0.2, -0.15) is 0 Å². The molecule has 0 N–H and O–H groups in total. The number of ketones is 1. The zero-order chi connectivity index (χ0) is 22.3. The van der Waals surface area contributed by atoms with E-state index in [1.165, 1.54) is 32.2 Å². The van der Waals surface area contributed by atoms with Crippen molar-refractivity contribution in [3.05, 3.63) is 65.1 Å². The van der Waals surface area contributed by atoms with Crippen molar-refractivity contribution in [2.75, 3.05) is 12.0 Å². The summed E-state index contributed by atoms with van der Waals surface area (Å²) in [5.41, 5.74) is 2.48. The second-order valence-electron chi connectivity index (χ2n) is 6.19. The minimum Gasteiger partial charge on any atom is -0.494 e. The van der Waals surface area contributed by atoms with Crippen LogP contribution >= 0.6 is 0 Å². The fraction of sp³-hybridized carbons (Fsp3) is 0.217. The first kappa shape index (κ1) is 22.7. The molecule has 0 aliphatic rings. The quantitative estimate of drug-likeness (QED) is 0.428. The lowest BCUT2D eigenvalue weighted by Crippen LogP contribution is -2.19. The van der Waals surface area contributed by atoms with Gasteiger partial charge in [-0.15, -0.1) is 0 Å². The molecule has 0 spiro atoms. The Morgan fingerprint density at radius 1 is 1.10 bits per heavy atom. The molecule has 3 rings (SSSR count). The normalized spacial score (nSPS) is 10.0. The third-order valence-corrected chi connectivity index (χ3v) is 4.37. The molecule has 7 heteroatoms. The van der Waals surface area contributed by atoms with E-state index in [1.54, 1.807) is 24.4 Å². The third kappa shape index (κ3) is 4.68. The summed E-state index contributed by atoms with van der Waals surface area (Å²) >= 11 is 0. The van der Waals surface area contributed by atoms with Crippen molar-refractivity contribution in [2.45, 2.75) is 27.2 Å². The molecule has 2 amide bonds. The molecule has 1 aromatic heterocycles. The molecule has 2 aromatic carbocycles. The molecule has 3 aromatic rings. The number of methoxy groups -OCH3 is 1. The van der Waals surface area contributed by atoms with Gasteiger partial charge in [0.25, 0.3) is 0 Å². The van der Waals surface area contributed by atoms with Crippen molar-refractivity contribution < 1.29 is 23.5 Å². The SMILES string of the molecule is CC.COc1c(C(C)=O)cc(N(C=O)C=O)c2cc(Cc3ccc(F)cc3)cnc12. The highest BCUT2D eigenvalue weighted by Crippen LogP contribution is 2.36. The van der Waals surface area contributed by atoms with Crippen LogP contribution in [0.4, 0.5) is 10.1 Å². The average Bonchev–Trinajstić information content (AvgIpc) is 2.77. The minimum atomic E-state index is -0.322. The number of fused-ring (bicyclic) bond motifs is 1. The zero-order valence-corrected chi connectivity index (χ0v) is 17.3. The van der Waals surface area contributed by atoms with E-state index in [0.29, 0.717) is 30.1 Å². The average molecular weight is 410 g/mol. The number of nitrogens with zero attached hydrogens (tertiary/aromatic N) is 2. The van der Waals surface area contributed by atoms with Crippen molar-refractivity contribution in [3.8, 4) is 5.75 Å². The molecule has 30 heavy (non-hydrogen) atoms. The highest BCUT2D eigenvalue weighted by Gasteiger charge is 2.20. The Morgan fingerprint density at radius 2 is 1.73 bits per heavy atom. The highest BCUT2D eigenvalue weighted by atomic mass is 19.1. The topological polar surface area (TPSA) is 76.6 Å².